The van der Waals surface area contributed by atoms with Crippen molar-refractivity contribution in [2.24, 2.45) is 5.41 Å². The maximum absolute atomic E-state index is 15.4. The van der Waals surface area contributed by atoms with Crippen molar-refractivity contribution in [1.29, 1.82) is 0 Å². The van der Waals surface area contributed by atoms with E-state index in [1.54, 1.807) is 18.2 Å². The average molecular weight is 576 g/mol. The van der Waals surface area contributed by atoms with Gasteiger partial charge in [-0.1, -0.05) is 25.1 Å². The van der Waals surface area contributed by atoms with Crippen LogP contribution in [0.15, 0.2) is 47.2 Å². The van der Waals surface area contributed by atoms with Gasteiger partial charge < -0.3 is 20.4 Å². The van der Waals surface area contributed by atoms with Gasteiger partial charge in [0.05, 0.1) is 6.61 Å². The summed E-state index contributed by atoms with van der Waals surface area (Å²) in [5.74, 6) is -2.53. The van der Waals surface area contributed by atoms with Crippen LogP contribution in [0.1, 0.15) is 71.5 Å². The van der Waals surface area contributed by atoms with E-state index in [2.05, 4.69) is 25.9 Å². The Kier molecular flexibility index (Phi) is 6.83. The number of amides is 2. The number of aromatic amines is 1. The standard InChI is InChI=1S/C31H31F2N5O4/c1-15(2)26-28(38-42-37-26)30(40)36-27(25-21-7-5-18(32)11-23(21)41-14-31(25)9-10-31)29(39)35-19-6-8-20(22(33)12-19)24-16(3)13-34-17(24)4/h5-8,11-13,15,25,27,34H,9-10,14H2,1-4H3,(H,35,39)(H,36,40)/t25?,27-/m0/s1. The van der Waals surface area contributed by atoms with Gasteiger partial charge in [-0.05, 0) is 61.7 Å². The minimum absolute atomic E-state index is 0.0216. The Bertz CT molecular complexity index is 1670. The smallest absolute Gasteiger partial charge is 0.276 e. The molecule has 0 bridgehead atoms. The fourth-order valence-corrected chi connectivity index (χ4v) is 6.01. The number of aryl methyl sites for hydroxylation is 2. The van der Waals surface area contributed by atoms with Crippen LogP contribution in [-0.2, 0) is 4.79 Å². The minimum Gasteiger partial charge on any atom is -0.493 e. The Morgan fingerprint density at radius 1 is 1.10 bits per heavy atom. The van der Waals surface area contributed by atoms with Crippen LogP contribution in [0, 0.1) is 30.9 Å². The van der Waals surface area contributed by atoms with Crippen molar-refractivity contribution in [2.45, 2.75) is 58.4 Å². The number of hydrogen-bond acceptors (Lipinski definition) is 6. The van der Waals surface area contributed by atoms with Crippen molar-refractivity contribution in [1.82, 2.24) is 20.6 Å². The fourth-order valence-electron chi connectivity index (χ4n) is 6.01. The van der Waals surface area contributed by atoms with Crippen LogP contribution >= 0.6 is 0 Å². The molecule has 2 aliphatic rings. The highest BCUT2D eigenvalue weighted by atomic mass is 19.1. The number of aromatic nitrogens is 3. The predicted molar refractivity (Wildman–Crippen MR) is 150 cm³/mol. The summed E-state index contributed by atoms with van der Waals surface area (Å²) in [6.07, 6.45) is 3.33. The first-order chi connectivity index (χ1) is 20.1. The van der Waals surface area contributed by atoms with Crippen LogP contribution in [0.25, 0.3) is 11.1 Å². The van der Waals surface area contributed by atoms with Crippen molar-refractivity contribution < 1.29 is 27.7 Å². The summed E-state index contributed by atoms with van der Waals surface area (Å²) in [4.78, 5) is 30.7. The molecule has 3 heterocycles. The zero-order valence-corrected chi connectivity index (χ0v) is 23.7. The monoisotopic (exact) mass is 575 g/mol. The van der Waals surface area contributed by atoms with E-state index < -0.39 is 40.8 Å². The largest absolute Gasteiger partial charge is 0.493 e. The molecule has 2 aromatic heterocycles. The lowest BCUT2D eigenvalue weighted by molar-refractivity contribution is -0.119. The molecule has 42 heavy (non-hydrogen) atoms. The van der Waals surface area contributed by atoms with Crippen molar-refractivity contribution in [3.8, 4) is 16.9 Å². The van der Waals surface area contributed by atoms with Crippen LogP contribution in [0.5, 0.6) is 5.75 Å². The van der Waals surface area contributed by atoms with Gasteiger partial charge in [-0.3, -0.25) is 9.59 Å². The maximum atomic E-state index is 15.4. The summed E-state index contributed by atoms with van der Waals surface area (Å²) >= 11 is 0. The average Bonchev–Trinajstić information content (AvgIpc) is 3.37. The first-order valence-corrected chi connectivity index (χ1v) is 13.9. The summed E-state index contributed by atoms with van der Waals surface area (Å²) in [6.45, 7) is 7.72. The third-order valence-electron chi connectivity index (χ3n) is 8.34. The lowest BCUT2D eigenvalue weighted by atomic mass is 9.75. The lowest BCUT2D eigenvalue weighted by Gasteiger charge is -2.38. The Balaban J connectivity index is 1.36. The van der Waals surface area contributed by atoms with E-state index in [0.717, 1.165) is 29.7 Å². The number of rotatable bonds is 7. The molecule has 9 nitrogen and oxygen atoms in total. The second-order valence-corrected chi connectivity index (χ2v) is 11.6. The third kappa shape index (κ3) is 4.82. The number of halogens is 2. The third-order valence-corrected chi connectivity index (χ3v) is 8.34. The van der Waals surface area contributed by atoms with Gasteiger partial charge in [-0.15, -0.1) is 0 Å². The number of H-pyrrole nitrogens is 1. The quantitative estimate of drug-likeness (QED) is 0.257. The van der Waals surface area contributed by atoms with Crippen LogP contribution in [0.4, 0.5) is 14.5 Å². The van der Waals surface area contributed by atoms with Crippen molar-refractivity contribution >= 4 is 17.5 Å². The van der Waals surface area contributed by atoms with Crippen LogP contribution < -0.4 is 15.4 Å². The Morgan fingerprint density at radius 3 is 2.55 bits per heavy atom. The molecule has 11 heteroatoms. The van der Waals surface area contributed by atoms with E-state index in [4.69, 9.17) is 9.37 Å². The van der Waals surface area contributed by atoms with Gasteiger partial charge >= 0.3 is 0 Å². The number of carbonyl (C=O) groups excluding carboxylic acids is 2. The first-order valence-electron chi connectivity index (χ1n) is 13.9. The van der Waals surface area contributed by atoms with Gasteiger partial charge in [0.2, 0.25) is 5.91 Å². The van der Waals surface area contributed by atoms with Gasteiger partial charge in [0.15, 0.2) is 5.69 Å². The highest BCUT2D eigenvalue weighted by Crippen LogP contribution is 2.61. The van der Waals surface area contributed by atoms with Crippen LogP contribution in [0.2, 0.25) is 0 Å². The van der Waals surface area contributed by atoms with Crippen molar-refractivity contribution in [3.05, 3.63) is 82.4 Å². The second kappa shape index (κ2) is 10.4. The highest BCUT2D eigenvalue weighted by molar-refractivity contribution is 6.01. The van der Waals surface area contributed by atoms with E-state index in [9.17, 15) is 14.0 Å². The molecule has 1 spiro atoms. The number of nitrogens with one attached hydrogen (secondary N) is 3. The zero-order chi connectivity index (χ0) is 29.8. The van der Waals surface area contributed by atoms with Gasteiger partial charge in [-0.2, -0.15) is 0 Å². The van der Waals surface area contributed by atoms with Gasteiger partial charge in [0.1, 0.15) is 29.1 Å². The Morgan fingerprint density at radius 2 is 1.88 bits per heavy atom. The van der Waals surface area contributed by atoms with E-state index in [1.165, 1.54) is 18.2 Å². The molecule has 2 aromatic carbocycles. The van der Waals surface area contributed by atoms with Crippen LogP contribution in [-0.4, -0.2) is 39.8 Å². The molecule has 2 atom stereocenters. The number of fused-ring (bicyclic) bond motifs is 1. The van der Waals surface area contributed by atoms with Gasteiger partial charge in [-0.25, -0.2) is 13.4 Å². The summed E-state index contributed by atoms with van der Waals surface area (Å²) in [5, 5.41) is 13.3. The lowest BCUT2D eigenvalue weighted by Crippen LogP contribution is -2.52. The molecular formula is C31H31F2N5O4. The van der Waals surface area contributed by atoms with Crippen LogP contribution in [0.3, 0.4) is 0 Å². The fraction of sp³-hybridized carbons (Fsp3) is 0.355. The molecule has 4 aromatic rings. The predicted octanol–water partition coefficient (Wildman–Crippen LogP) is 5.78. The number of ether oxygens (including phenoxy) is 1. The topological polar surface area (TPSA) is 122 Å². The maximum Gasteiger partial charge on any atom is 0.276 e. The molecule has 1 aliphatic carbocycles. The van der Waals surface area contributed by atoms with Crippen molar-refractivity contribution in [2.75, 3.05) is 11.9 Å². The summed E-state index contributed by atoms with van der Waals surface area (Å²) in [6, 6.07) is 7.56. The van der Waals surface area contributed by atoms with E-state index in [1.807, 2.05) is 33.9 Å². The summed E-state index contributed by atoms with van der Waals surface area (Å²) < 4.78 is 40.2. The number of nitrogens with zero attached hydrogens (tertiary/aromatic N) is 2. The number of anilines is 1. The van der Waals surface area contributed by atoms with Gasteiger partial charge in [0.25, 0.3) is 5.91 Å². The van der Waals surface area contributed by atoms with Gasteiger partial charge in [0, 0.05) is 57.6 Å². The molecule has 2 amide bonds. The summed E-state index contributed by atoms with van der Waals surface area (Å²) in [7, 11) is 0. The minimum atomic E-state index is -1.12. The molecule has 3 N–H and O–H groups in total. The zero-order valence-electron chi connectivity index (χ0n) is 23.7. The number of hydrogen-bond donors (Lipinski definition) is 3. The molecule has 218 valence electrons. The Hall–Kier alpha value is -4.54. The molecular weight excluding hydrogens is 544 g/mol. The number of benzene rings is 2. The van der Waals surface area contributed by atoms with E-state index in [-0.39, 0.29) is 23.9 Å². The normalized spacial score (nSPS) is 17.5. The molecule has 1 aliphatic heterocycles. The Labute approximate surface area is 241 Å². The molecule has 6 rings (SSSR count). The van der Waals surface area contributed by atoms with E-state index in [0.29, 0.717) is 22.6 Å². The molecule has 0 radical (unpaired) electrons. The summed E-state index contributed by atoms with van der Waals surface area (Å²) in [5.41, 5.74) is 3.66. The highest BCUT2D eigenvalue weighted by Gasteiger charge is 2.58. The molecule has 1 fully saturated rings. The molecule has 0 saturated heterocycles. The molecule has 1 saturated carbocycles. The molecule has 1 unspecified atom stereocenters. The SMILES string of the molecule is Cc1c[nH]c(C)c1-c1ccc(NC(=O)[C@@H](NC(=O)c2nonc2C(C)C)C2c3ccc(F)cc3OCC23CC3)cc1F. The first kappa shape index (κ1) is 27.6. The van der Waals surface area contributed by atoms with E-state index >= 15 is 4.39 Å². The van der Waals surface area contributed by atoms with Crippen molar-refractivity contribution in [3.63, 3.8) is 0 Å². The second-order valence-electron chi connectivity index (χ2n) is 11.6. The number of carbonyl (C=O) groups is 2.